The molecule has 0 saturated carbocycles. The van der Waals surface area contributed by atoms with Crippen LogP contribution in [0.25, 0.3) is 0 Å². The zero-order chi connectivity index (χ0) is 11.1. The van der Waals surface area contributed by atoms with E-state index in [1.165, 1.54) is 0 Å². The summed E-state index contributed by atoms with van der Waals surface area (Å²) in [6.45, 7) is 6.28. The van der Waals surface area contributed by atoms with Crippen LogP contribution in [-0.4, -0.2) is 36.5 Å². The lowest BCUT2D eigenvalue weighted by Crippen LogP contribution is -2.42. The van der Waals surface area contributed by atoms with Gasteiger partial charge in [-0.3, -0.25) is 10.1 Å². The Balaban J connectivity index is 3.91. The van der Waals surface area contributed by atoms with Gasteiger partial charge in [-0.1, -0.05) is 12.8 Å². The predicted octanol–water partition coefficient (Wildman–Crippen LogP) is 0.855. The standard InChI is InChI=1S/C11H20N2O/c1-6-10(7-2)12-8-11(14)13(5)9(3)4/h1,9-10,12H,7-8H2,2-5H3. The molecule has 0 saturated heterocycles. The van der Waals surface area contributed by atoms with Gasteiger partial charge in [-0.15, -0.1) is 6.42 Å². The van der Waals surface area contributed by atoms with Crippen LogP contribution in [0.1, 0.15) is 27.2 Å². The summed E-state index contributed by atoms with van der Waals surface area (Å²) >= 11 is 0. The van der Waals surface area contributed by atoms with Crippen LogP contribution in [0.15, 0.2) is 0 Å². The topological polar surface area (TPSA) is 32.3 Å². The first kappa shape index (κ1) is 13.0. The van der Waals surface area contributed by atoms with Crippen molar-refractivity contribution in [2.75, 3.05) is 13.6 Å². The number of hydrogen-bond donors (Lipinski definition) is 1. The molecular formula is C11H20N2O. The van der Waals surface area contributed by atoms with Crippen molar-refractivity contribution in [3.63, 3.8) is 0 Å². The quantitative estimate of drug-likeness (QED) is 0.661. The fraction of sp³-hybridized carbons (Fsp3) is 0.727. The van der Waals surface area contributed by atoms with Crippen molar-refractivity contribution in [1.82, 2.24) is 10.2 Å². The second-order valence-electron chi connectivity index (χ2n) is 3.61. The molecule has 0 aliphatic rings. The maximum Gasteiger partial charge on any atom is 0.236 e. The van der Waals surface area contributed by atoms with Gasteiger partial charge in [-0.25, -0.2) is 0 Å². The van der Waals surface area contributed by atoms with E-state index < -0.39 is 0 Å². The second-order valence-corrected chi connectivity index (χ2v) is 3.61. The van der Waals surface area contributed by atoms with Gasteiger partial charge in [0.2, 0.25) is 5.91 Å². The molecule has 1 unspecified atom stereocenters. The Bertz CT molecular complexity index is 218. The number of hydrogen-bond acceptors (Lipinski definition) is 2. The molecular weight excluding hydrogens is 176 g/mol. The van der Waals surface area contributed by atoms with Gasteiger partial charge in [0.05, 0.1) is 12.6 Å². The summed E-state index contributed by atoms with van der Waals surface area (Å²) < 4.78 is 0. The van der Waals surface area contributed by atoms with Crippen molar-refractivity contribution in [3.8, 4) is 12.3 Å². The molecule has 14 heavy (non-hydrogen) atoms. The lowest BCUT2D eigenvalue weighted by molar-refractivity contribution is -0.130. The van der Waals surface area contributed by atoms with E-state index in [4.69, 9.17) is 6.42 Å². The molecule has 1 N–H and O–H groups in total. The lowest BCUT2D eigenvalue weighted by atomic mass is 10.2. The number of nitrogens with one attached hydrogen (secondary N) is 1. The average Bonchev–Trinajstić information content (AvgIpc) is 2.17. The Morgan fingerprint density at radius 3 is 2.50 bits per heavy atom. The first-order valence-corrected chi connectivity index (χ1v) is 4.98. The fourth-order valence-electron chi connectivity index (χ4n) is 0.944. The second kappa shape index (κ2) is 6.44. The summed E-state index contributed by atoms with van der Waals surface area (Å²) in [5.41, 5.74) is 0. The molecule has 0 aliphatic carbocycles. The van der Waals surface area contributed by atoms with Crippen molar-refractivity contribution in [2.24, 2.45) is 0 Å². The fourth-order valence-corrected chi connectivity index (χ4v) is 0.944. The third kappa shape index (κ3) is 4.29. The first-order valence-electron chi connectivity index (χ1n) is 4.98. The molecule has 80 valence electrons. The van der Waals surface area contributed by atoms with Gasteiger partial charge >= 0.3 is 0 Å². The van der Waals surface area contributed by atoms with Crippen LogP contribution in [0.5, 0.6) is 0 Å². The highest BCUT2D eigenvalue weighted by Gasteiger charge is 2.12. The average molecular weight is 196 g/mol. The van der Waals surface area contributed by atoms with Gasteiger partial charge in [-0.05, 0) is 20.3 Å². The minimum atomic E-state index is -0.000452. The Morgan fingerprint density at radius 2 is 2.14 bits per heavy atom. The minimum Gasteiger partial charge on any atom is -0.342 e. The third-order valence-corrected chi connectivity index (χ3v) is 2.28. The number of rotatable bonds is 5. The van der Waals surface area contributed by atoms with Crippen LogP contribution in [0.3, 0.4) is 0 Å². The zero-order valence-electron chi connectivity index (χ0n) is 9.50. The SMILES string of the molecule is C#CC(CC)NCC(=O)N(C)C(C)C. The van der Waals surface area contributed by atoms with Crippen LogP contribution in [0.2, 0.25) is 0 Å². The lowest BCUT2D eigenvalue weighted by Gasteiger charge is -2.22. The van der Waals surface area contributed by atoms with Gasteiger partial charge in [0.1, 0.15) is 0 Å². The van der Waals surface area contributed by atoms with Crippen molar-refractivity contribution in [2.45, 2.75) is 39.3 Å². The third-order valence-electron chi connectivity index (χ3n) is 2.28. The van der Waals surface area contributed by atoms with Crippen LogP contribution < -0.4 is 5.32 Å². The van der Waals surface area contributed by atoms with Gasteiger partial charge in [0.25, 0.3) is 0 Å². The van der Waals surface area contributed by atoms with Crippen molar-refractivity contribution >= 4 is 5.91 Å². The van der Waals surface area contributed by atoms with Crippen molar-refractivity contribution < 1.29 is 4.79 Å². The van der Waals surface area contributed by atoms with Gasteiger partial charge in [-0.2, -0.15) is 0 Å². The first-order chi connectivity index (χ1) is 6.52. The highest BCUT2D eigenvalue weighted by molar-refractivity contribution is 5.78. The molecule has 0 aromatic heterocycles. The molecule has 0 aliphatic heterocycles. The minimum absolute atomic E-state index is 0.000452. The molecule has 1 amide bonds. The largest absolute Gasteiger partial charge is 0.342 e. The van der Waals surface area contributed by atoms with E-state index in [1.54, 1.807) is 11.9 Å². The number of carbonyl (C=O) groups excluding carboxylic acids is 1. The Kier molecular flexibility index (Phi) is 5.98. The monoisotopic (exact) mass is 196 g/mol. The summed E-state index contributed by atoms with van der Waals surface area (Å²) in [7, 11) is 1.80. The summed E-state index contributed by atoms with van der Waals surface area (Å²) in [6, 6.07) is 0.231. The Labute approximate surface area is 86.9 Å². The number of amides is 1. The molecule has 0 bridgehead atoms. The molecule has 0 aromatic carbocycles. The molecule has 0 rings (SSSR count). The molecule has 0 fully saturated rings. The molecule has 1 atom stereocenters. The molecule has 3 heteroatoms. The number of carbonyl (C=O) groups is 1. The van der Waals surface area contributed by atoms with E-state index in [2.05, 4.69) is 11.2 Å². The van der Waals surface area contributed by atoms with E-state index in [1.807, 2.05) is 20.8 Å². The number of likely N-dealkylation sites (N-methyl/N-ethyl adjacent to an activating group) is 1. The summed E-state index contributed by atoms with van der Waals surface area (Å²) in [6.07, 6.45) is 6.11. The van der Waals surface area contributed by atoms with Crippen LogP contribution in [0.4, 0.5) is 0 Å². The van der Waals surface area contributed by atoms with Crippen LogP contribution in [-0.2, 0) is 4.79 Å². The summed E-state index contributed by atoms with van der Waals surface area (Å²) in [5.74, 6) is 2.67. The maximum absolute atomic E-state index is 11.5. The van der Waals surface area contributed by atoms with E-state index in [0.29, 0.717) is 6.54 Å². The van der Waals surface area contributed by atoms with Gasteiger partial charge in [0, 0.05) is 13.1 Å². The molecule has 0 heterocycles. The Hall–Kier alpha value is -1.01. The van der Waals surface area contributed by atoms with Crippen molar-refractivity contribution in [1.29, 1.82) is 0 Å². The highest BCUT2D eigenvalue weighted by atomic mass is 16.2. The molecule has 3 nitrogen and oxygen atoms in total. The number of nitrogens with zero attached hydrogens (tertiary/aromatic N) is 1. The molecule has 0 radical (unpaired) electrons. The van der Waals surface area contributed by atoms with E-state index in [-0.39, 0.29) is 18.0 Å². The van der Waals surface area contributed by atoms with E-state index >= 15 is 0 Å². The van der Waals surface area contributed by atoms with E-state index in [0.717, 1.165) is 6.42 Å². The van der Waals surface area contributed by atoms with Crippen molar-refractivity contribution in [3.05, 3.63) is 0 Å². The molecule has 0 aromatic rings. The van der Waals surface area contributed by atoms with Crippen LogP contribution in [0, 0.1) is 12.3 Å². The normalized spacial score (nSPS) is 12.3. The van der Waals surface area contributed by atoms with Gasteiger partial charge in [0.15, 0.2) is 0 Å². The smallest absolute Gasteiger partial charge is 0.236 e. The Morgan fingerprint density at radius 1 is 1.57 bits per heavy atom. The maximum atomic E-state index is 11.5. The number of terminal acetylenes is 1. The summed E-state index contributed by atoms with van der Waals surface area (Å²) in [4.78, 5) is 13.2. The van der Waals surface area contributed by atoms with Gasteiger partial charge < -0.3 is 4.90 Å². The summed E-state index contributed by atoms with van der Waals surface area (Å²) in [5, 5.41) is 3.03. The predicted molar refractivity (Wildman–Crippen MR) is 58.8 cm³/mol. The molecule has 0 spiro atoms. The highest BCUT2D eigenvalue weighted by Crippen LogP contribution is 1.94. The zero-order valence-corrected chi connectivity index (χ0v) is 9.50. The van der Waals surface area contributed by atoms with Crippen LogP contribution >= 0.6 is 0 Å². The van der Waals surface area contributed by atoms with E-state index in [9.17, 15) is 4.79 Å².